The van der Waals surface area contributed by atoms with Crippen LogP contribution in [0.1, 0.15) is 272 Å². The Bertz CT molecular complexity index is 683. The highest BCUT2D eigenvalue weighted by atomic mass is 16.4. The molecule has 0 unspecified atom stereocenters. The molecule has 0 aromatic heterocycles. The molecule has 0 aromatic rings. The van der Waals surface area contributed by atoms with Gasteiger partial charge in [-0.15, -0.1) is 0 Å². The Morgan fingerprint density at radius 1 is 0.314 bits per heavy atom. The number of carboxylic acid groups (broad SMARTS) is 2. The van der Waals surface area contributed by atoms with E-state index in [2.05, 4.69) is 27.7 Å². The molecule has 51 heavy (non-hydrogen) atoms. The van der Waals surface area contributed by atoms with Gasteiger partial charge < -0.3 is 10.2 Å². The van der Waals surface area contributed by atoms with Gasteiger partial charge in [-0.25, -0.2) is 0 Å². The van der Waals surface area contributed by atoms with Crippen molar-refractivity contribution in [2.24, 2.45) is 17.3 Å². The second-order valence-electron chi connectivity index (χ2n) is 17.6. The minimum absolute atomic E-state index is 0.272. The van der Waals surface area contributed by atoms with Crippen molar-refractivity contribution >= 4 is 11.9 Å². The fourth-order valence-electron chi connectivity index (χ4n) is 7.91. The number of carboxylic acids is 2. The van der Waals surface area contributed by atoms with E-state index in [9.17, 15) is 19.8 Å². The quantitative estimate of drug-likeness (QED) is 0.0486. The molecule has 0 aliphatic carbocycles. The molecule has 4 nitrogen and oxygen atoms in total. The van der Waals surface area contributed by atoms with Crippen LogP contribution in [0.4, 0.5) is 0 Å². The zero-order valence-corrected chi connectivity index (χ0v) is 35.2. The average Bonchev–Trinajstić information content (AvgIpc) is 3.08. The second-order valence-corrected chi connectivity index (χ2v) is 17.6. The summed E-state index contributed by atoms with van der Waals surface area (Å²) in [6.07, 6.45) is 47.0. The summed E-state index contributed by atoms with van der Waals surface area (Å²) in [4.78, 5) is 24.3. The summed E-state index contributed by atoms with van der Waals surface area (Å²) in [5.74, 6) is -0.558. The van der Waals surface area contributed by atoms with Gasteiger partial charge in [-0.05, 0) is 24.7 Å². The Morgan fingerprint density at radius 2 is 0.471 bits per heavy atom. The molecule has 0 aliphatic heterocycles. The lowest BCUT2D eigenvalue weighted by Gasteiger charge is -2.25. The smallest absolute Gasteiger partial charge is 0.321 e. The molecule has 0 aromatic carbocycles. The highest BCUT2D eigenvalue weighted by Gasteiger charge is 2.45. The van der Waals surface area contributed by atoms with Crippen LogP contribution in [0.2, 0.25) is 0 Å². The van der Waals surface area contributed by atoms with Crippen molar-refractivity contribution in [3.63, 3.8) is 0 Å². The molecule has 0 heterocycles. The van der Waals surface area contributed by atoms with E-state index in [1.54, 1.807) is 0 Å². The molecule has 0 spiro atoms. The van der Waals surface area contributed by atoms with Crippen LogP contribution in [0.25, 0.3) is 0 Å². The van der Waals surface area contributed by atoms with Crippen LogP contribution in [0.3, 0.4) is 0 Å². The molecular weight excluding hydrogens is 629 g/mol. The Morgan fingerprint density at radius 3 is 0.627 bits per heavy atom. The van der Waals surface area contributed by atoms with Crippen LogP contribution in [0.5, 0.6) is 0 Å². The van der Waals surface area contributed by atoms with Gasteiger partial charge in [-0.3, -0.25) is 9.59 Å². The highest BCUT2D eigenvalue weighted by Crippen LogP contribution is 2.33. The maximum Gasteiger partial charge on any atom is 0.321 e. The van der Waals surface area contributed by atoms with Crippen LogP contribution >= 0.6 is 0 Å². The second kappa shape index (κ2) is 37.3. The van der Waals surface area contributed by atoms with Crippen molar-refractivity contribution in [3.05, 3.63) is 0 Å². The molecule has 0 saturated heterocycles. The summed E-state index contributed by atoms with van der Waals surface area (Å²) in [7, 11) is 0. The predicted octanol–water partition coefficient (Wildman–Crippen LogP) is 16.3. The Kier molecular flexibility index (Phi) is 36.5. The van der Waals surface area contributed by atoms with Crippen molar-refractivity contribution in [1.29, 1.82) is 0 Å². The topological polar surface area (TPSA) is 74.6 Å². The first-order valence-electron chi connectivity index (χ1n) is 23.2. The van der Waals surface area contributed by atoms with Gasteiger partial charge in [-0.1, -0.05) is 259 Å². The number of aliphatic carboxylic acids is 2. The van der Waals surface area contributed by atoms with E-state index >= 15 is 0 Å². The zero-order valence-electron chi connectivity index (χ0n) is 35.2. The monoisotopic (exact) mass is 721 g/mol. The summed E-state index contributed by atoms with van der Waals surface area (Å²) in [5, 5.41) is 19.9. The minimum atomic E-state index is -1.60. The van der Waals surface area contributed by atoms with E-state index in [4.69, 9.17) is 0 Å². The van der Waals surface area contributed by atoms with Crippen molar-refractivity contribution in [3.8, 4) is 0 Å². The fraction of sp³-hybridized carbons (Fsp3) is 0.957. The number of carbonyl (C=O) groups is 2. The lowest BCUT2D eigenvalue weighted by molar-refractivity contribution is -0.166. The number of rotatable bonds is 42. The Hall–Kier alpha value is -1.06. The fourth-order valence-corrected chi connectivity index (χ4v) is 7.91. The lowest BCUT2D eigenvalue weighted by atomic mass is 9.78. The molecule has 2 N–H and O–H groups in total. The largest absolute Gasteiger partial charge is 0.480 e. The maximum absolute atomic E-state index is 12.1. The standard InChI is InChI=1S/C47H92O4/c1-43(2)39-35-31-27-23-19-15-11-7-5-9-13-17-21-25-29-33-37-41-47(45(48)49,46(50)51)42-38-34-30-26-22-18-14-10-6-8-12-16-20-24-28-32-36-40-44(3)4/h43-44H,5-42H2,1-4H3,(H,48,49)(H,50,51). The third-order valence-electron chi connectivity index (χ3n) is 11.6. The molecule has 0 amide bonds. The van der Waals surface area contributed by atoms with Crippen molar-refractivity contribution in [2.45, 2.75) is 272 Å². The first-order chi connectivity index (χ1) is 24.7. The van der Waals surface area contributed by atoms with Crippen molar-refractivity contribution in [2.75, 3.05) is 0 Å². The molecule has 0 bridgehead atoms. The van der Waals surface area contributed by atoms with Crippen molar-refractivity contribution < 1.29 is 19.8 Å². The van der Waals surface area contributed by atoms with Gasteiger partial charge in [0, 0.05) is 0 Å². The SMILES string of the molecule is CC(C)CCCCCCCCCCCCCCCCCCCC(CCCCCCCCCCCCCCCCCCCC(C)C)(C(=O)O)C(=O)O. The van der Waals surface area contributed by atoms with Crippen LogP contribution in [-0.2, 0) is 9.59 Å². The third-order valence-corrected chi connectivity index (χ3v) is 11.6. The van der Waals surface area contributed by atoms with Crippen LogP contribution in [0, 0.1) is 17.3 Å². The molecule has 0 rings (SSSR count). The first-order valence-corrected chi connectivity index (χ1v) is 23.2. The van der Waals surface area contributed by atoms with Gasteiger partial charge >= 0.3 is 11.9 Å². The van der Waals surface area contributed by atoms with E-state index in [-0.39, 0.29) is 12.8 Å². The summed E-state index contributed by atoms with van der Waals surface area (Å²) in [6.45, 7) is 9.29. The van der Waals surface area contributed by atoms with Gasteiger partial charge in [0.15, 0.2) is 5.41 Å². The third kappa shape index (κ3) is 33.3. The summed E-state index contributed by atoms with van der Waals surface area (Å²) >= 11 is 0. The maximum atomic E-state index is 12.1. The van der Waals surface area contributed by atoms with E-state index in [0.29, 0.717) is 12.8 Å². The molecule has 0 atom stereocenters. The van der Waals surface area contributed by atoms with Gasteiger partial charge in [0.05, 0.1) is 0 Å². The van der Waals surface area contributed by atoms with E-state index in [0.717, 1.165) is 37.5 Å². The molecule has 0 saturated carbocycles. The highest BCUT2D eigenvalue weighted by molar-refractivity contribution is 5.98. The average molecular weight is 721 g/mol. The summed E-state index contributed by atoms with van der Waals surface area (Å²) in [6, 6.07) is 0. The van der Waals surface area contributed by atoms with E-state index in [1.165, 1.54) is 193 Å². The minimum Gasteiger partial charge on any atom is -0.480 e. The molecule has 4 heteroatoms. The Labute approximate surface area is 319 Å². The van der Waals surface area contributed by atoms with Gasteiger partial charge in [0.1, 0.15) is 0 Å². The zero-order chi connectivity index (χ0) is 37.7. The first kappa shape index (κ1) is 49.9. The van der Waals surface area contributed by atoms with E-state index < -0.39 is 17.4 Å². The summed E-state index contributed by atoms with van der Waals surface area (Å²) < 4.78 is 0. The predicted molar refractivity (Wildman–Crippen MR) is 223 cm³/mol. The van der Waals surface area contributed by atoms with Crippen LogP contribution < -0.4 is 0 Å². The van der Waals surface area contributed by atoms with Gasteiger partial charge in [0.2, 0.25) is 0 Å². The lowest BCUT2D eigenvalue weighted by Crippen LogP contribution is -2.39. The van der Waals surface area contributed by atoms with Crippen molar-refractivity contribution in [1.82, 2.24) is 0 Å². The molecule has 0 fully saturated rings. The number of hydrogen-bond donors (Lipinski definition) is 2. The molecular formula is C47H92O4. The molecule has 0 radical (unpaired) electrons. The summed E-state index contributed by atoms with van der Waals surface area (Å²) in [5.41, 5.74) is -1.60. The van der Waals surface area contributed by atoms with E-state index in [1.807, 2.05) is 0 Å². The number of unbranched alkanes of at least 4 members (excludes halogenated alkanes) is 32. The molecule has 0 aliphatic rings. The van der Waals surface area contributed by atoms with Gasteiger partial charge in [-0.2, -0.15) is 0 Å². The number of hydrogen-bond acceptors (Lipinski definition) is 2. The van der Waals surface area contributed by atoms with Gasteiger partial charge in [0.25, 0.3) is 0 Å². The van der Waals surface area contributed by atoms with Crippen LogP contribution in [-0.4, -0.2) is 22.2 Å². The molecule has 304 valence electrons. The van der Waals surface area contributed by atoms with Crippen LogP contribution in [0.15, 0.2) is 0 Å². The Balaban J connectivity index is 3.68. The normalized spacial score (nSPS) is 12.0.